The number of hydrogen-bond acceptors (Lipinski definition) is 5. The van der Waals surface area contributed by atoms with Gasteiger partial charge in [0.05, 0.1) is 37.6 Å². The average Bonchev–Trinajstić information content (AvgIpc) is 2.90. The molecule has 9 heteroatoms. The molecule has 0 unspecified atom stereocenters. The van der Waals surface area contributed by atoms with E-state index in [2.05, 4.69) is 0 Å². The van der Waals surface area contributed by atoms with Crippen LogP contribution in [-0.4, -0.2) is 24.4 Å². The Balaban J connectivity index is 2.40. The van der Waals surface area contributed by atoms with Crippen LogP contribution in [0.25, 0.3) is 10.9 Å². The molecule has 1 heterocycles. The van der Waals surface area contributed by atoms with E-state index in [1.807, 2.05) is 22.6 Å². The molecule has 0 amide bonds. The summed E-state index contributed by atoms with van der Waals surface area (Å²) in [5.74, 6) is 0.216. The number of non-ortho nitro benzene ring substituents is 1. The van der Waals surface area contributed by atoms with Crippen LogP contribution in [0.3, 0.4) is 0 Å². The van der Waals surface area contributed by atoms with Crippen LogP contribution in [0.1, 0.15) is 0 Å². The highest BCUT2D eigenvalue weighted by Crippen LogP contribution is 2.35. The summed E-state index contributed by atoms with van der Waals surface area (Å²) in [5.41, 5.74) is -0.00131. The van der Waals surface area contributed by atoms with E-state index in [4.69, 9.17) is 4.74 Å². The van der Waals surface area contributed by atoms with Crippen LogP contribution in [0, 0.1) is 13.8 Å². The van der Waals surface area contributed by atoms with Crippen LogP contribution in [0.5, 0.6) is 5.75 Å². The number of rotatable bonds is 4. The maximum absolute atomic E-state index is 13.0. The van der Waals surface area contributed by atoms with Gasteiger partial charge in [-0.3, -0.25) is 10.1 Å². The zero-order valence-electron chi connectivity index (χ0n) is 12.3. The normalized spacial score (nSPS) is 11.6. The Morgan fingerprint density at radius 1 is 1.17 bits per heavy atom. The van der Waals surface area contributed by atoms with Crippen molar-refractivity contribution < 1.29 is 18.1 Å². The fraction of sp³-hybridized carbons (Fsp3) is 0.0667. The molecule has 0 fully saturated rings. The molecular weight excluding hydrogens is 447 g/mol. The lowest BCUT2D eigenvalue weighted by Crippen LogP contribution is -2.14. The number of fused-ring (bicyclic) bond motifs is 1. The minimum absolute atomic E-state index is 0.103. The van der Waals surface area contributed by atoms with Gasteiger partial charge in [-0.2, -0.15) is 0 Å². The van der Waals surface area contributed by atoms with Gasteiger partial charge in [0.2, 0.25) is 0 Å². The minimum Gasteiger partial charge on any atom is -0.496 e. The number of nitro benzene ring substituents is 1. The summed E-state index contributed by atoms with van der Waals surface area (Å²) in [6.07, 6.45) is 0. The summed E-state index contributed by atoms with van der Waals surface area (Å²) < 4.78 is 32.4. The van der Waals surface area contributed by atoms with Crippen LogP contribution >= 0.6 is 22.6 Å². The summed E-state index contributed by atoms with van der Waals surface area (Å²) >= 11 is 1.85. The van der Waals surface area contributed by atoms with Crippen LogP contribution in [-0.2, 0) is 10.0 Å². The van der Waals surface area contributed by atoms with Gasteiger partial charge in [0.1, 0.15) is 5.75 Å². The van der Waals surface area contributed by atoms with Gasteiger partial charge < -0.3 is 4.74 Å². The lowest BCUT2D eigenvalue weighted by atomic mass is 10.2. The first-order chi connectivity index (χ1) is 11.4. The monoisotopic (exact) mass is 458 g/mol. The van der Waals surface area contributed by atoms with Crippen molar-refractivity contribution in [2.45, 2.75) is 4.90 Å². The van der Waals surface area contributed by atoms with Crippen LogP contribution in [0.4, 0.5) is 5.69 Å². The fourth-order valence-electron chi connectivity index (χ4n) is 2.42. The lowest BCUT2D eigenvalue weighted by molar-refractivity contribution is -0.383. The van der Waals surface area contributed by atoms with Gasteiger partial charge in [-0.25, -0.2) is 12.4 Å². The Labute approximate surface area is 151 Å². The Hall–Kier alpha value is -2.14. The molecule has 0 spiro atoms. The topological polar surface area (TPSA) is 91.4 Å². The number of nitrogens with zero attached hydrogens (tertiary/aromatic N) is 2. The Bertz CT molecular complexity index is 1040. The predicted molar refractivity (Wildman–Crippen MR) is 96.9 cm³/mol. The number of halogens is 1. The van der Waals surface area contributed by atoms with E-state index in [9.17, 15) is 18.5 Å². The van der Waals surface area contributed by atoms with E-state index < -0.39 is 14.9 Å². The molecule has 0 bridgehead atoms. The van der Waals surface area contributed by atoms with Crippen LogP contribution < -0.4 is 4.74 Å². The number of nitro groups is 1. The molecule has 3 rings (SSSR count). The van der Waals surface area contributed by atoms with Gasteiger partial charge in [0, 0.05) is 6.07 Å². The average molecular weight is 458 g/mol. The Morgan fingerprint density at radius 3 is 2.42 bits per heavy atom. The third-order valence-electron chi connectivity index (χ3n) is 3.50. The smallest absolute Gasteiger partial charge is 0.282 e. The molecule has 0 aliphatic rings. The summed E-state index contributed by atoms with van der Waals surface area (Å²) in [4.78, 5) is 10.9. The maximum Gasteiger partial charge on any atom is 0.282 e. The van der Waals surface area contributed by atoms with Gasteiger partial charge in [-0.1, -0.05) is 18.2 Å². The van der Waals surface area contributed by atoms with Crippen LogP contribution in [0.2, 0.25) is 0 Å². The van der Waals surface area contributed by atoms with Crippen molar-refractivity contribution in [2.75, 3.05) is 7.11 Å². The van der Waals surface area contributed by atoms with E-state index in [-0.39, 0.29) is 27.2 Å². The second-order valence-electron chi connectivity index (χ2n) is 4.89. The summed E-state index contributed by atoms with van der Waals surface area (Å²) in [7, 11) is -2.52. The first-order valence-electron chi connectivity index (χ1n) is 6.70. The fourth-order valence-corrected chi connectivity index (χ4v) is 5.17. The molecule has 0 N–H and O–H groups in total. The molecule has 0 aliphatic carbocycles. The van der Waals surface area contributed by atoms with Gasteiger partial charge in [0.25, 0.3) is 15.7 Å². The van der Waals surface area contributed by atoms with Crippen molar-refractivity contribution in [3.8, 4) is 5.75 Å². The Morgan fingerprint density at radius 2 is 1.83 bits per heavy atom. The highest BCUT2D eigenvalue weighted by Gasteiger charge is 2.26. The van der Waals surface area contributed by atoms with E-state index in [1.165, 1.54) is 37.4 Å². The largest absolute Gasteiger partial charge is 0.496 e. The molecular formula is C15H11IN2O5S. The Kier molecular flexibility index (Phi) is 4.22. The lowest BCUT2D eigenvalue weighted by Gasteiger charge is -2.10. The molecule has 2 aromatic carbocycles. The molecule has 0 saturated heterocycles. The number of benzene rings is 2. The third kappa shape index (κ3) is 2.63. The summed E-state index contributed by atoms with van der Waals surface area (Å²) in [6.45, 7) is 0. The van der Waals surface area contributed by atoms with Gasteiger partial charge >= 0.3 is 0 Å². The van der Waals surface area contributed by atoms with Gasteiger partial charge in [0.15, 0.2) is 0 Å². The van der Waals surface area contributed by atoms with E-state index in [0.717, 1.165) is 3.97 Å². The zero-order valence-corrected chi connectivity index (χ0v) is 15.3. The van der Waals surface area contributed by atoms with Crippen LogP contribution in [0.15, 0.2) is 53.4 Å². The van der Waals surface area contributed by atoms with E-state index in [1.54, 1.807) is 18.2 Å². The molecule has 24 heavy (non-hydrogen) atoms. The summed E-state index contributed by atoms with van der Waals surface area (Å²) in [6, 6.07) is 12.1. The quantitative estimate of drug-likeness (QED) is 0.340. The molecule has 0 aliphatic heterocycles. The van der Waals surface area contributed by atoms with E-state index in [0.29, 0.717) is 3.70 Å². The second kappa shape index (κ2) is 6.06. The first-order valence-corrected chi connectivity index (χ1v) is 9.22. The van der Waals surface area contributed by atoms with Crippen molar-refractivity contribution in [3.05, 3.63) is 62.3 Å². The van der Waals surface area contributed by atoms with E-state index >= 15 is 0 Å². The maximum atomic E-state index is 13.0. The molecule has 3 aromatic rings. The summed E-state index contributed by atoms with van der Waals surface area (Å²) in [5, 5.41) is 11.6. The molecule has 0 saturated carbocycles. The van der Waals surface area contributed by atoms with Crippen molar-refractivity contribution in [1.29, 1.82) is 0 Å². The molecule has 0 atom stereocenters. The molecule has 7 nitrogen and oxygen atoms in total. The van der Waals surface area contributed by atoms with Crippen molar-refractivity contribution in [2.24, 2.45) is 0 Å². The van der Waals surface area contributed by atoms with Gasteiger partial charge in [-0.05, 0) is 40.8 Å². The van der Waals surface area contributed by atoms with Crippen molar-refractivity contribution >= 4 is 49.2 Å². The van der Waals surface area contributed by atoms with Crippen molar-refractivity contribution in [3.63, 3.8) is 0 Å². The number of aromatic nitrogens is 1. The highest BCUT2D eigenvalue weighted by atomic mass is 127. The molecule has 0 radical (unpaired) electrons. The molecule has 124 valence electrons. The molecule has 1 aromatic heterocycles. The standard InChI is InChI=1S/C15H11IN2O5S/c1-23-10-7-13-12(14(8-10)18(19)20)9-15(16)17(13)24(21,22)11-5-3-2-4-6-11/h2-9H,1H3. The zero-order chi connectivity index (χ0) is 17.5. The third-order valence-corrected chi connectivity index (χ3v) is 6.36. The van der Waals surface area contributed by atoms with Crippen molar-refractivity contribution in [1.82, 2.24) is 3.97 Å². The minimum atomic E-state index is -3.89. The number of hydrogen-bond donors (Lipinski definition) is 0. The number of methoxy groups -OCH3 is 1. The predicted octanol–water partition coefficient (Wildman–Crippen LogP) is 3.40. The SMILES string of the molecule is COc1cc([N+](=O)[O-])c2cc(I)n(S(=O)(=O)c3ccccc3)c2c1. The van der Waals surface area contributed by atoms with Gasteiger partial charge in [-0.15, -0.1) is 0 Å². The number of ether oxygens (including phenoxy) is 1. The highest BCUT2D eigenvalue weighted by molar-refractivity contribution is 14.1. The second-order valence-corrected chi connectivity index (χ2v) is 7.78. The first kappa shape index (κ1) is 16.7.